The predicted molar refractivity (Wildman–Crippen MR) is 75.6 cm³/mol. The van der Waals surface area contributed by atoms with Crippen LogP contribution in [0.4, 0.5) is 0 Å². The van der Waals surface area contributed by atoms with Gasteiger partial charge in [0.25, 0.3) is 0 Å². The monoisotopic (exact) mass is 316 g/mol. The van der Waals surface area contributed by atoms with Crippen LogP contribution < -0.4 is 5.32 Å². The van der Waals surface area contributed by atoms with Crippen LogP contribution in [0.25, 0.3) is 0 Å². The van der Waals surface area contributed by atoms with Gasteiger partial charge in [-0.05, 0) is 56.8 Å². The van der Waals surface area contributed by atoms with E-state index in [9.17, 15) is 4.79 Å². The van der Waals surface area contributed by atoms with E-state index in [4.69, 9.17) is 0 Å². The highest BCUT2D eigenvalue weighted by Gasteiger charge is 2.17. The van der Waals surface area contributed by atoms with Gasteiger partial charge in [-0.3, -0.25) is 9.48 Å². The van der Waals surface area contributed by atoms with Crippen LogP contribution in [0.5, 0.6) is 0 Å². The Morgan fingerprint density at radius 2 is 2.28 bits per heavy atom. The Bertz CT molecular complexity index is 403. The molecule has 1 aromatic heterocycles. The van der Waals surface area contributed by atoms with Crippen LogP contribution in [0.1, 0.15) is 25.1 Å². The number of nitrogens with one attached hydrogen (secondary N) is 1. The maximum absolute atomic E-state index is 11.9. The number of aromatic nitrogens is 2. The Hall–Kier alpha value is -0.880. The second-order valence-electron chi connectivity index (χ2n) is 4.65. The van der Waals surface area contributed by atoms with Crippen molar-refractivity contribution in [1.82, 2.24) is 20.0 Å². The molecule has 1 rings (SSSR count). The zero-order chi connectivity index (χ0) is 13.7. The van der Waals surface area contributed by atoms with Crippen molar-refractivity contribution >= 4 is 21.8 Å². The highest BCUT2D eigenvalue weighted by atomic mass is 79.9. The maximum Gasteiger partial charge on any atom is 0.244 e. The molecule has 1 amide bonds. The predicted octanol–water partition coefficient (Wildman–Crippen LogP) is 1.58. The lowest BCUT2D eigenvalue weighted by Crippen LogP contribution is -2.33. The summed E-state index contributed by atoms with van der Waals surface area (Å²) in [6.07, 6.45) is 2.67. The first kappa shape index (κ1) is 15.2. The van der Waals surface area contributed by atoms with Crippen LogP contribution in [0, 0.1) is 6.92 Å². The first-order valence-electron chi connectivity index (χ1n) is 6.05. The van der Waals surface area contributed by atoms with Gasteiger partial charge < -0.3 is 10.2 Å². The number of hydrogen-bond donors (Lipinski definition) is 1. The van der Waals surface area contributed by atoms with Gasteiger partial charge >= 0.3 is 0 Å². The molecule has 0 radical (unpaired) electrons. The molecule has 0 fully saturated rings. The number of amides is 1. The summed E-state index contributed by atoms with van der Waals surface area (Å²) in [7, 11) is 4.05. The van der Waals surface area contributed by atoms with Crippen LogP contribution in [0.2, 0.25) is 0 Å². The van der Waals surface area contributed by atoms with E-state index in [1.54, 1.807) is 10.9 Å². The Balaban J connectivity index is 2.44. The van der Waals surface area contributed by atoms with Gasteiger partial charge in [-0.25, -0.2) is 0 Å². The van der Waals surface area contributed by atoms with Crippen LogP contribution >= 0.6 is 15.9 Å². The molecule has 102 valence electrons. The minimum absolute atomic E-state index is 0.00690. The summed E-state index contributed by atoms with van der Waals surface area (Å²) in [6, 6.07) is -0.282. The normalized spacial score (nSPS) is 12.8. The molecule has 0 saturated heterocycles. The van der Waals surface area contributed by atoms with Crippen molar-refractivity contribution in [1.29, 1.82) is 0 Å². The van der Waals surface area contributed by atoms with Crippen molar-refractivity contribution in [3.63, 3.8) is 0 Å². The molecule has 1 atom stereocenters. The quantitative estimate of drug-likeness (QED) is 0.811. The van der Waals surface area contributed by atoms with Crippen molar-refractivity contribution in [3.8, 4) is 0 Å². The molecule has 0 spiro atoms. The van der Waals surface area contributed by atoms with E-state index >= 15 is 0 Å². The first-order valence-corrected chi connectivity index (χ1v) is 6.85. The minimum atomic E-state index is -0.282. The van der Waals surface area contributed by atoms with E-state index in [2.05, 4.69) is 31.2 Å². The zero-order valence-corrected chi connectivity index (χ0v) is 13.0. The SMILES string of the molecule is Cc1c(Br)cnn1C(C)C(=O)NCCCN(C)C. The molecule has 1 aromatic rings. The molecule has 1 N–H and O–H groups in total. The molecule has 0 aromatic carbocycles. The lowest BCUT2D eigenvalue weighted by Gasteiger charge is -2.15. The average molecular weight is 317 g/mol. The highest BCUT2D eigenvalue weighted by Crippen LogP contribution is 2.18. The van der Waals surface area contributed by atoms with E-state index in [0.717, 1.165) is 23.1 Å². The number of rotatable bonds is 6. The lowest BCUT2D eigenvalue weighted by molar-refractivity contribution is -0.124. The third-order valence-electron chi connectivity index (χ3n) is 2.81. The van der Waals surface area contributed by atoms with E-state index in [1.165, 1.54) is 0 Å². The third-order valence-corrected chi connectivity index (χ3v) is 3.59. The molecule has 0 aliphatic carbocycles. The van der Waals surface area contributed by atoms with Gasteiger partial charge in [0.05, 0.1) is 16.4 Å². The van der Waals surface area contributed by atoms with Crippen molar-refractivity contribution in [2.45, 2.75) is 26.3 Å². The summed E-state index contributed by atoms with van der Waals surface area (Å²) in [5, 5.41) is 7.12. The average Bonchev–Trinajstić information content (AvgIpc) is 2.64. The molecule has 5 nitrogen and oxygen atoms in total. The molecular weight excluding hydrogens is 296 g/mol. The van der Waals surface area contributed by atoms with E-state index in [-0.39, 0.29) is 11.9 Å². The molecule has 0 bridgehead atoms. The standard InChI is InChI=1S/C12H21BrN4O/c1-9-11(13)8-15-17(9)10(2)12(18)14-6-5-7-16(3)4/h8,10H,5-7H2,1-4H3,(H,14,18). The van der Waals surface area contributed by atoms with Crippen LogP contribution in [0.3, 0.4) is 0 Å². The summed E-state index contributed by atoms with van der Waals surface area (Å²) >= 11 is 3.39. The maximum atomic E-state index is 11.9. The molecule has 0 aliphatic heterocycles. The van der Waals surface area contributed by atoms with E-state index in [0.29, 0.717) is 6.54 Å². The number of nitrogens with zero attached hydrogens (tertiary/aromatic N) is 3. The topological polar surface area (TPSA) is 50.2 Å². The van der Waals surface area contributed by atoms with Gasteiger partial charge in [-0.15, -0.1) is 0 Å². The van der Waals surface area contributed by atoms with Gasteiger partial charge in [-0.2, -0.15) is 5.10 Å². The van der Waals surface area contributed by atoms with Crippen LogP contribution in [0.15, 0.2) is 10.7 Å². The van der Waals surface area contributed by atoms with Crippen molar-refractivity contribution in [2.24, 2.45) is 0 Å². The number of hydrogen-bond acceptors (Lipinski definition) is 3. The third kappa shape index (κ3) is 4.10. The summed E-state index contributed by atoms with van der Waals surface area (Å²) in [5.41, 5.74) is 0.964. The molecule has 0 aliphatic rings. The Morgan fingerprint density at radius 1 is 1.61 bits per heavy atom. The molecule has 1 heterocycles. The molecule has 6 heteroatoms. The number of carbonyl (C=O) groups excluding carboxylic acids is 1. The largest absolute Gasteiger partial charge is 0.354 e. The van der Waals surface area contributed by atoms with Crippen molar-refractivity contribution in [2.75, 3.05) is 27.2 Å². The van der Waals surface area contributed by atoms with Gasteiger partial charge in [-0.1, -0.05) is 0 Å². The number of carbonyl (C=O) groups is 1. The molecule has 1 unspecified atom stereocenters. The number of halogens is 1. The second kappa shape index (κ2) is 6.89. The zero-order valence-electron chi connectivity index (χ0n) is 11.4. The summed E-state index contributed by atoms with van der Waals surface area (Å²) in [6.45, 7) is 5.46. The second-order valence-corrected chi connectivity index (χ2v) is 5.50. The Kier molecular flexibility index (Phi) is 5.81. The summed E-state index contributed by atoms with van der Waals surface area (Å²) in [4.78, 5) is 14.1. The van der Waals surface area contributed by atoms with Gasteiger partial charge in [0.1, 0.15) is 6.04 Å². The molecular formula is C12H21BrN4O. The fraction of sp³-hybridized carbons (Fsp3) is 0.667. The van der Waals surface area contributed by atoms with E-state index in [1.807, 2.05) is 27.9 Å². The lowest BCUT2D eigenvalue weighted by atomic mass is 10.3. The van der Waals surface area contributed by atoms with Gasteiger partial charge in [0.15, 0.2) is 0 Å². The minimum Gasteiger partial charge on any atom is -0.354 e. The first-order chi connectivity index (χ1) is 8.43. The fourth-order valence-corrected chi connectivity index (χ4v) is 1.93. The molecule has 18 heavy (non-hydrogen) atoms. The van der Waals surface area contributed by atoms with Gasteiger partial charge in [0, 0.05) is 6.54 Å². The fourth-order valence-electron chi connectivity index (χ4n) is 1.66. The highest BCUT2D eigenvalue weighted by molar-refractivity contribution is 9.10. The summed E-state index contributed by atoms with van der Waals surface area (Å²) in [5.74, 6) is 0.00690. The van der Waals surface area contributed by atoms with Gasteiger partial charge in [0.2, 0.25) is 5.91 Å². The van der Waals surface area contributed by atoms with Crippen LogP contribution in [-0.2, 0) is 4.79 Å². The Labute approximate surface area is 117 Å². The summed E-state index contributed by atoms with van der Waals surface area (Å²) < 4.78 is 2.65. The molecule has 0 saturated carbocycles. The van der Waals surface area contributed by atoms with E-state index < -0.39 is 0 Å². The smallest absolute Gasteiger partial charge is 0.244 e. The van der Waals surface area contributed by atoms with Crippen LogP contribution in [-0.4, -0.2) is 47.8 Å². The van der Waals surface area contributed by atoms with Crippen molar-refractivity contribution in [3.05, 3.63) is 16.4 Å². The Morgan fingerprint density at radius 3 is 2.78 bits per heavy atom. The van der Waals surface area contributed by atoms with Crippen molar-refractivity contribution < 1.29 is 4.79 Å².